The molecule has 2 aromatic carbocycles. The number of nitrogens with zero attached hydrogens (tertiary/aromatic N) is 3. The molecule has 1 atom stereocenters. The third-order valence-corrected chi connectivity index (χ3v) is 8.08. The number of amidine groups is 1. The summed E-state index contributed by atoms with van der Waals surface area (Å²) in [4.78, 5) is 35.8. The molecule has 210 valence electrons. The molecular formula is C29H32ClN5O4S. The molecule has 9 nitrogen and oxygen atoms in total. The van der Waals surface area contributed by atoms with Crippen LogP contribution in [-0.4, -0.2) is 73.3 Å². The molecule has 0 spiro atoms. The lowest BCUT2D eigenvalue weighted by molar-refractivity contribution is -0.120. The summed E-state index contributed by atoms with van der Waals surface area (Å²) in [5.74, 6) is 0.340. The molecule has 0 radical (unpaired) electrons. The Morgan fingerprint density at radius 3 is 2.67 bits per heavy atom. The number of carbonyl (C=O) groups excluding carboxylic acids is 2. The highest BCUT2D eigenvalue weighted by Gasteiger charge is 2.40. The van der Waals surface area contributed by atoms with E-state index in [4.69, 9.17) is 26.1 Å². The number of carbonyl (C=O) groups is 2. The smallest absolute Gasteiger partial charge is 0.255 e. The maximum absolute atomic E-state index is 13.8. The van der Waals surface area contributed by atoms with Crippen LogP contribution in [0.15, 0.2) is 75.9 Å². The number of aliphatic imine (C=N–C) groups is 1. The van der Waals surface area contributed by atoms with Crippen LogP contribution in [-0.2, 0) is 14.3 Å². The van der Waals surface area contributed by atoms with E-state index in [9.17, 15) is 9.59 Å². The standard InChI is InChI=1S/C29H32ClN5O4S/c1-19-26(28(37)33-22-6-8-24(38-2)9-7-22)27(20-4-3-5-21(30)16-20)35-23(18-40-29(35)32-19)17-25(36)31-10-11-34-12-14-39-15-13-34/h3-9,16,18,27H,10-15,17H2,1-2H3,(H,31,36)(H,33,37)/t27-/m1/s1. The number of amides is 2. The quantitative estimate of drug-likeness (QED) is 0.453. The van der Waals surface area contributed by atoms with Crippen molar-refractivity contribution >= 4 is 46.0 Å². The van der Waals surface area contributed by atoms with Crippen LogP contribution in [0.5, 0.6) is 5.75 Å². The molecule has 2 N–H and O–H groups in total. The van der Waals surface area contributed by atoms with Gasteiger partial charge in [-0.25, -0.2) is 4.99 Å². The third-order valence-electron chi connectivity index (χ3n) is 6.95. The van der Waals surface area contributed by atoms with E-state index in [2.05, 4.69) is 15.5 Å². The molecule has 0 aromatic heterocycles. The number of allylic oxidation sites excluding steroid dienone is 1. The number of morpholine rings is 1. The highest BCUT2D eigenvalue weighted by molar-refractivity contribution is 8.16. The minimum Gasteiger partial charge on any atom is -0.497 e. The van der Waals surface area contributed by atoms with Gasteiger partial charge in [0.1, 0.15) is 5.75 Å². The fourth-order valence-electron chi connectivity index (χ4n) is 4.93. The van der Waals surface area contributed by atoms with Crippen molar-refractivity contribution in [2.45, 2.75) is 19.4 Å². The molecule has 2 amide bonds. The Hall–Kier alpha value is -3.31. The summed E-state index contributed by atoms with van der Waals surface area (Å²) >= 11 is 7.85. The van der Waals surface area contributed by atoms with Gasteiger partial charge < -0.3 is 25.0 Å². The lowest BCUT2D eigenvalue weighted by atomic mass is 9.93. The maximum atomic E-state index is 13.8. The highest BCUT2D eigenvalue weighted by atomic mass is 35.5. The van der Waals surface area contributed by atoms with E-state index in [1.54, 1.807) is 37.4 Å². The lowest BCUT2D eigenvalue weighted by Crippen LogP contribution is -2.42. The molecule has 5 rings (SSSR count). The van der Waals surface area contributed by atoms with Crippen LogP contribution >= 0.6 is 23.4 Å². The lowest BCUT2D eigenvalue weighted by Gasteiger charge is -2.36. The van der Waals surface area contributed by atoms with E-state index < -0.39 is 6.04 Å². The number of nitrogens with one attached hydrogen (secondary N) is 2. The zero-order valence-corrected chi connectivity index (χ0v) is 24.1. The van der Waals surface area contributed by atoms with Crippen LogP contribution in [0.25, 0.3) is 0 Å². The van der Waals surface area contributed by atoms with Crippen LogP contribution < -0.4 is 15.4 Å². The first kappa shape index (κ1) is 28.2. The van der Waals surface area contributed by atoms with Gasteiger partial charge >= 0.3 is 0 Å². The van der Waals surface area contributed by atoms with Gasteiger partial charge in [0.2, 0.25) is 5.91 Å². The Morgan fingerprint density at radius 1 is 1.18 bits per heavy atom. The maximum Gasteiger partial charge on any atom is 0.255 e. The predicted octanol–water partition coefficient (Wildman–Crippen LogP) is 4.40. The number of ether oxygens (including phenoxy) is 2. The molecule has 1 saturated heterocycles. The van der Waals surface area contributed by atoms with Crippen molar-refractivity contribution in [3.63, 3.8) is 0 Å². The minimum atomic E-state index is -0.508. The van der Waals surface area contributed by atoms with E-state index in [0.717, 1.165) is 49.3 Å². The van der Waals surface area contributed by atoms with Gasteiger partial charge in [-0.05, 0) is 54.3 Å². The summed E-state index contributed by atoms with van der Waals surface area (Å²) in [6.07, 6.45) is 0.165. The van der Waals surface area contributed by atoms with E-state index in [0.29, 0.717) is 34.3 Å². The molecule has 0 unspecified atom stereocenters. The topological polar surface area (TPSA) is 95.5 Å². The largest absolute Gasteiger partial charge is 0.497 e. The van der Waals surface area contributed by atoms with E-state index >= 15 is 0 Å². The monoisotopic (exact) mass is 581 g/mol. The number of thioether (sulfide) groups is 1. The fraction of sp³-hybridized carbons (Fsp3) is 0.345. The zero-order chi connectivity index (χ0) is 28.1. The second-order valence-corrected chi connectivity index (χ2v) is 10.9. The first-order valence-electron chi connectivity index (χ1n) is 13.1. The normalized spacial score (nSPS) is 19.1. The minimum absolute atomic E-state index is 0.0817. The Balaban J connectivity index is 1.36. The number of anilines is 1. The van der Waals surface area contributed by atoms with E-state index in [1.165, 1.54) is 11.8 Å². The van der Waals surface area contributed by atoms with Crippen molar-refractivity contribution in [1.82, 2.24) is 15.1 Å². The van der Waals surface area contributed by atoms with Crippen LogP contribution in [0.4, 0.5) is 5.69 Å². The van der Waals surface area contributed by atoms with Gasteiger partial charge in [-0.2, -0.15) is 0 Å². The fourth-order valence-corrected chi connectivity index (χ4v) is 6.09. The average molecular weight is 582 g/mol. The molecule has 40 heavy (non-hydrogen) atoms. The van der Waals surface area contributed by atoms with Crippen molar-refractivity contribution in [1.29, 1.82) is 0 Å². The Labute approximate surface area is 243 Å². The summed E-state index contributed by atoms with van der Waals surface area (Å²) in [6, 6.07) is 14.1. The van der Waals surface area contributed by atoms with Crippen molar-refractivity contribution in [2.75, 3.05) is 51.8 Å². The number of benzene rings is 2. The van der Waals surface area contributed by atoms with Crippen LogP contribution in [0.3, 0.4) is 0 Å². The molecule has 0 bridgehead atoms. The summed E-state index contributed by atoms with van der Waals surface area (Å²) in [5.41, 5.74) is 3.35. The summed E-state index contributed by atoms with van der Waals surface area (Å²) in [6.45, 7) is 6.37. The van der Waals surface area contributed by atoms with Gasteiger partial charge in [0, 0.05) is 42.6 Å². The number of fused-ring (bicyclic) bond motifs is 1. The summed E-state index contributed by atoms with van der Waals surface area (Å²) in [7, 11) is 1.60. The summed E-state index contributed by atoms with van der Waals surface area (Å²) < 4.78 is 10.6. The first-order chi connectivity index (χ1) is 19.4. The molecule has 3 heterocycles. The molecule has 0 saturated carbocycles. The van der Waals surface area contributed by atoms with Crippen LogP contribution in [0.2, 0.25) is 5.02 Å². The SMILES string of the molecule is COc1ccc(NC(=O)C2=C(C)N=C3SC=C(CC(=O)NCCN4CCOCC4)N3[C@@H]2c2cccc(Cl)c2)cc1. The molecule has 2 aromatic rings. The molecule has 3 aliphatic heterocycles. The van der Waals surface area contributed by atoms with Crippen molar-refractivity contribution in [2.24, 2.45) is 4.99 Å². The molecule has 0 aliphatic carbocycles. The second kappa shape index (κ2) is 12.9. The molecule has 3 aliphatic rings. The Bertz CT molecular complexity index is 1350. The Morgan fingerprint density at radius 2 is 1.95 bits per heavy atom. The van der Waals surface area contributed by atoms with Crippen molar-refractivity contribution in [3.05, 3.63) is 81.5 Å². The van der Waals surface area contributed by atoms with Crippen LogP contribution in [0.1, 0.15) is 24.9 Å². The number of hydrogen-bond donors (Lipinski definition) is 2. The average Bonchev–Trinajstić information content (AvgIpc) is 3.34. The van der Waals surface area contributed by atoms with Gasteiger partial charge in [-0.15, -0.1) is 0 Å². The van der Waals surface area contributed by atoms with Gasteiger partial charge in [-0.3, -0.25) is 14.5 Å². The number of halogens is 1. The Kier molecular flexibility index (Phi) is 9.11. The van der Waals surface area contributed by atoms with Crippen LogP contribution in [0, 0.1) is 0 Å². The third kappa shape index (κ3) is 6.52. The predicted molar refractivity (Wildman–Crippen MR) is 158 cm³/mol. The van der Waals surface area contributed by atoms with Gasteiger partial charge in [0.15, 0.2) is 5.17 Å². The number of rotatable bonds is 9. The van der Waals surface area contributed by atoms with Crippen molar-refractivity contribution < 1.29 is 19.1 Å². The van der Waals surface area contributed by atoms with Gasteiger partial charge in [-0.1, -0.05) is 35.5 Å². The second-order valence-electron chi connectivity index (χ2n) is 9.61. The molecule has 1 fully saturated rings. The van der Waals surface area contributed by atoms with E-state index in [1.807, 2.05) is 35.4 Å². The summed E-state index contributed by atoms with van der Waals surface area (Å²) in [5, 5.41) is 9.27. The van der Waals surface area contributed by atoms with Crippen molar-refractivity contribution in [3.8, 4) is 5.75 Å². The zero-order valence-electron chi connectivity index (χ0n) is 22.5. The van der Waals surface area contributed by atoms with Gasteiger partial charge in [0.25, 0.3) is 5.91 Å². The van der Waals surface area contributed by atoms with E-state index in [-0.39, 0.29) is 18.2 Å². The highest BCUT2D eigenvalue weighted by Crippen LogP contribution is 2.45. The first-order valence-corrected chi connectivity index (χ1v) is 14.4. The number of hydrogen-bond acceptors (Lipinski definition) is 8. The number of methoxy groups -OCH3 is 1. The molecule has 11 heteroatoms. The molecular weight excluding hydrogens is 550 g/mol. The van der Waals surface area contributed by atoms with Gasteiger partial charge in [0.05, 0.1) is 44.1 Å².